The van der Waals surface area contributed by atoms with Gasteiger partial charge in [-0.1, -0.05) is 6.07 Å². The summed E-state index contributed by atoms with van der Waals surface area (Å²) in [5.74, 6) is 1.11. The molecule has 5 nitrogen and oxygen atoms in total. The second kappa shape index (κ2) is 5.81. The van der Waals surface area contributed by atoms with Gasteiger partial charge in [-0.25, -0.2) is 8.42 Å². The average Bonchev–Trinajstić information content (AvgIpc) is 3.25. The molecule has 1 fully saturated rings. The minimum absolute atomic E-state index is 0.0619. The molecule has 1 unspecified atom stereocenters. The summed E-state index contributed by atoms with van der Waals surface area (Å²) in [5, 5.41) is 1.99. The summed E-state index contributed by atoms with van der Waals surface area (Å²) in [6.45, 7) is 1.49. The lowest BCUT2D eigenvalue weighted by molar-refractivity contribution is 0.171. The third-order valence-corrected chi connectivity index (χ3v) is 7.07. The maximum atomic E-state index is 13.1. The maximum Gasteiger partial charge on any atom is 0.243 e. The van der Waals surface area contributed by atoms with Gasteiger partial charge < -0.3 is 9.47 Å². The highest BCUT2D eigenvalue weighted by atomic mass is 32.2. The van der Waals surface area contributed by atoms with E-state index in [2.05, 4.69) is 0 Å². The lowest BCUT2D eigenvalue weighted by Crippen LogP contribution is -2.30. The van der Waals surface area contributed by atoms with Crippen LogP contribution in [0.1, 0.15) is 23.8 Å². The number of rotatable bonds is 3. The largest absolute Gasteiger partial charge is 0.486 e. The Morgan fingerprint density at radius 2 is 1.96 bits per heavy atom. The number of nitrogens with zero attached hydrogens (tertiary/aromatic N) is 1. The van der Waals surface area contributed by atoms with Gasteiger partial charge in [-0.2, -0.15) is 4.31 Å². The van der Waals surface area contributed by atoms with Gasteiger partial charge in [0.2, 0.25) is 10.0 Å². The molecule has 7 heteroatoms. The molecule has 0 amide bonds. The Labute approximate surface area is 139 Å². The van der Waals surface area contributed by atoms with Crippen LogP contribution in [-0.4, -0.2) is 32.5 Å². The van der Waals surface area contributed by atoms with Gasteiger partial charge in [0.25, 0.3) is 0 Å². The minimum atomic E-state index is -3.54. The molecule has 2 aromatic rings. The Bertz CT molecular complexity index is 801. The molecular formula is C16H17NO4S2. The van der Waals surface area contributed by atoms with Crippen molar-refractivity contribution in [3.63, 3.8) is 0 Å². The van der Waals surface area contributed by atoms with Crippen molar-refractivity contribution in [2.24, 2.45) is 0 Å². The zero-order chi connectivity index (χ0) is 15.9. The highest BCUT2D eigenvalue weighted by Crippen LogP contribution is 2.40. The Kier molecular flexibility index (Phi) is 3.79. The monoisotopic (exact) mass is 351 g/mol. The molecule has 1 atom stereocenters. The first-order chi connectivity index (χ1) is 11.2. The lowest BCUT2D eigenvalue weighted by Gasteiger charge is -2.24. The summed E-state index contributed by atoms with van der Waals surface area (Å²) < 4.78 is 38.7. The normalized spacial score (nSPS) is 21.5. The molecule has 2 aliphatic rings. The summed E-state index contributed by atoms with van der Waals surface area (Å²) in [6.07, 6.45) is 1.75. The molecule has 1 saturated heterocycles. The Balaban J connectivity index is 1.69. The van der Waals surface area contributed by atoms with Crippen LogP contribution in [0.2, 0.25) is 0 Å². The standard InChI is InChI=1S/C16H17NO4S2/c18-23(19,12-5-6-14-15(11-12)21-9-8-20-14)17-7-1-3-13(17)16-4-2-10-22-16/h2,4-6,10-11,13H,1,3,7-9H2. The third-order valence-electron chi connectivity index (χ3n) is 4.20. The number of ether oxygens (including phenoxy) is 2. The highest BCUT2D eigenvalue weighted by Gasteiger charge is 2.37. The van der Waals surface area contributed by atoms with E-state index in [1.807, 2.05) is 17.5 Å². The zero-order valence-electron chi connectivity index (χ0n) is 12.5. The molecule has 1 aromatic heterocycles. The van der Waals surface area contributed by atoms with E-state index < -0.39 is 10.0 Å². The van der Waals surface area contributed by atoms with Gasteiger partial charge in [0.05, 0.1) is 10.9 Å². The molecule has 0 bridgehead atoms. The van der Waals surface area contributed by atoms with E-state index in [0.29, 0.717) is 31.3 Å². The fourth-order valence-electron chi connectivity index (χ4n) is 3.11. The van der Waals surface area contributed by atoms with E-state index in [1.165, 1.54) is 0 Å². The van der Waals surface area contributed by atoms with E-state index in [4.69, 9.17) is 9.47 Å². The van der Waals surface area contributed by atoms with Crippen molar-refractivity contribution < 1.29 is 17.9 Å². The molecule has 0 radical (unpaired) electrons. The molecule has 2 aliphatic heterocycles. The first-order valence-electron chi connectivity index (χ1n) is 7.61. The Morgan fingerprint density at radius 3 is 2.74 bits per heavy atom. The van der Waals surface area contributed by atoms with Gasteiger partial charge in [-0.05, 0) is 36.4 Å². The number of fused-ring (bicyclic) bond motifs is 1. The van der Waals surface area contributed by atoms with Gasteiger partial charge in [0.1, 0.15) is 13.2 Å². The fourth-order valence-corrected chi connectivity index (χ4v) is 5.74. The van der Waals surface area contributed by atoms with Crippen LogP contribution in [0.5, 0.6) is 11.5 Å². The van der Waals surface area contributed by atoms with Crippen molar-refractivity contribution in [3.8, 4) is 11.5 Å². The van der Waals surface area contributed by atoms with Gasteiger partial charge in [0.15, 0.2) is 11.5 Å². The fraction of sp³-hybridized carbons (Fsp3) is 0.375. The van der Waals surface area contributed by atoms with Gasteiger partial charge in [0, 0.05) is 17.5 Å². The summed E-state index contributed by atoms with van der Waals surface area (Å²) in [6, 6.07) is 8.77. The summed E-state index contributed by atoms with van der Waals surface area (Å²) in [7, 11) is -3.54. The van der Waals surface area contributed by atoms with Crippen LogP contribution in [0.15, 0.2) is 40.6 Å². The van der Waals surface area contributed by atoms with Gasteiger partial charge in [-0.15, -0.1) is 11.3 Å². The second-order valence-corrected chi connectivity index (χ2v) is 8.46. The van der Waals surface area contributed by atoms with E-state index in [0.717, 1.165) is 17.7 Å². The highest BCUT2D eigenvalue weighted by molar-refractivity contribution is 7.89. The van der Waals surface area contributed by atoms with E-state index in [1.54, 1.807) is 33.8 Å². The number of sulfonamides is 1. The SMILES string of the molecule is O=S(=O)(c1ccc2c(c1)OCCO2)N1CCCC1c1cccs1. The molecular weight excluding hydrogens is 334 g/mol. The van der Waals surface area contributed by atoms with Crippen LogP contribution in [0.4, 0.5) is 0 Å². The molecule has 0 saturated carbocycles. The predicted molar refractivity (Wildman–Crippen MR) is 87.6 cm³/mol. The molecule has 0 spiro atoms. The minimum Gasteiger partial charge on any atom is -0.486 e. The zero-order valence-corrected chi connectivity index (χ0v) is 14.1. The average molecular weight is 351 g/mol. The molecule has 122 valence electrons. The molecule has 23 heavy (non-hydrogen) atoms. The van der Waals surface area contributed by atoms with E-state index >= 15 is 0 Å². The van der Waals surface area contributed by atoms with E-state index in [9.17, 15) is 8.42 Å². The van der Waals surface area contributed by atoms with Crippen LogP contribution in [0.25, 0.3) is 0 Å². The van der Waals surface area contributed by atoms with E-state index in [-0.39, 0.29) is 10.9 Å². The number of thiophene rings is 1. The quantitative estimate of drug-likeness (QED) is 0.853. The Hall–Kier alpha value is -1.57. The van der Waals surface area contributed by atoms with Crippen LogP contribution in [0, 0.1) is 0 Å². The van der Waals surface area contributed by atoms with Crippen molar-refractivity contribution in [2.45, 2.75) is 23.8 Å². The van der Waals surface area contributed by atoms with Crippen molar-refractivity contribution in [3.05, 3.63) is 40.6 Å². The van der Waals surface area contributed by atoms with Gasteiger partial charge >= 0.3 is 0 Å². The third kappa shape index (κ3) is 2.62. The first kappa shape index (κ1) is 15.0. The summed E-state index contributed by atoms with van der Waals surface area (Å²) in [5.41, 5.74) is 0. The van der Waals surface area contributed by atoms with Crippen molar-refractivity contribution in [1.29, 1.82) is 0 Å². The number of benzene rings is 1. The van der Waals surface area contributed by atoms with Gasteiger partial charge in [-0.3, -0.25) is 0 Å². The summed E-state index contributed by atoms with van der Waals surface area (Å²) >= 11 is 1.61. The van der Waals surface area contributed by atoms with Crippen LogP contribution in [-0.2, 0) is 10.0 Å². The smallest absolute Gasteiger partial charge is 0.243 e. The van der Waals surface area contributed by atoms with Crippen molar-refractivity contribution >= 4 is 21.4 Å². The molecule has 3 heterocycles. The van der Waals surface area contributed by atoms with Crippen molar-refractivity contribution in [1.82, 2.24) is 4.31 Å². The Morgan fingerprint density at radius 1 is 1.13 bits per heavy atom. The summed E-state index contributed by atoms with van der Waals surface area (Å²) in [4.78, 5) is 1.37. The second-order valence-electron chi connectivity index (χ2n) is 5.59. The first-order valence-corrected chi connectivity index (χ1v) is 9.93. The topological polar surface area (TPSA) is 55.8 Å². The molecule has 0 aliphatic carbocycles. The molecule has 1 aromatic carbocycles. The van der Waals surface area contributed by atoms with Crippen LogP contribution >= 0.6 is 11.3 Å². The molecule has 0 N–H and O–H groups in total. The molecule has 4 rings (SSSR count). The lowest BCUT2D eigenvalue weighted by atomic mass is 10.2. The van der Waals surface area contributed by atoms with Crippen LogP contribution in [0.3, 0.4) is 0 Å². The van der Waals surface area contributed by atoms with Crippen molar-refractivity contribution in [2.75, 3.05) is 19.8 Å². The number of hydrogen-bond acceptors (Lipinski definition) is 5. The van der Waals surface area contributed by atoms with Crippen LogP contribution < -0.4 is 9.47 Å². The predicted octanol–water partition coefficient (Wildman–Crippen LogP) is 3.05. The number of hydrogen-bond donors (Lipinski definition) is 0. The maximum absolute atomic E-state index is 13.1.